The highest BCUT2D eigenvalue weighted by atomic mass is 79.9. The summed E-state index contributed by atoms with van der Waals surface area (Å²) in [6, 6.07) is 20.7. The van der Waals surface area contributed by atoms with Crippen LogP contribution in [0.4, 0.5) is 0 Å². The molecule has 1 nitrogen and oxygen atoms in total. The molecule has 0 fully saturated rings. The first kappa shape index (κ1) is 11.4. The molecule has 2 aromatic carbocycles. The highest BCUT2D eigenvalue weighted by Gasteiger charge is 2.02. The van der Waals surface area contributed by atoms with Gasteiger partial charge in [0.1, 0.15) is 0 Å². The fraction of sp³-hybridized carbons (Fsp3) is 0.0625. The second-order valence-electron chi connectivity index (χ2n) is 4.26. The smallest absolute Gasteiger partial charge is 0.0705 e. The van der Waals surface area contributed by atoms with Gasteiger partial charge in [-0.05, 0) is 23.8 Å². The third-order valence-electron chi connectivity index (χ3n) is 2.99. The van der Waals surface area contributed by atoms with Gasteiger partial charge in [0.2, 0.25) is 0 Å². The first-order valence-corrected chi connectivity index (χ1v) is 6.70. The molecule has 0 saturated carbocycles. The third kappa shape index (κ3) is 2.29. The first-order valence-electron chi connectivity index (χ1n) is 5.91. The molecule has 88 valence electrons. The Labute approximate surface area is 115 Å². The number of hydrogen-bond donors (Lipinski definition) is 0. The molecule has 0 bridgehead atoms. The molecular weight excluding hydrogens is 286 g/mol. The van der Waals surface area contributed by atoms with Crippen LogP contribution in [0.1, 0.15) is 11.3 Å². The second-order valence-corrected chi connectivity index (χ2v) is 5.12. The van der Waals surface area contributed by atoms with Crippen LogP contribution in [0, 0.1) is 0 Å². The van der Waals surface area contributed by atoms with Gasteiger partial charge < -0.3 is 0 Å². The maximum absolute atomic E-state index is 4.69. The molecule has 0 spiro atoms. The minimum atomic E-state index is 0.853. The Morgan fingerprint density at radius 2 is 1.61 bits per heavy atom. The molecule has 0 unspecified atom stereocenters. The quantitative estimate of drug-likeness (QED) is 0.674. The molecule has 0 N–H and O–H groups in total. The Balaban J connectivity index is 1.98. The normalized spacial score (nSPS) is 10.7. The van der Waals surface area contributed by atoms with Crippen LogP contribution >= 0.6 is 15.9 Å². The maximum Gasteiger partial charge on any atom is 0.0705 e. The minimum Gasteiger partial charge on any atom is -0.252 e. The van der Waals surface area contributed by atoms with Crippen molar-refractivity contribution in [1.29, 1.82) is 0 Å². The summed E-state index contributed by atoms with van der Waals surface area (Å²) in [5.74, 6) is 0. The van der Waals surface area contributed by atoms with E-state index in [2.05, 4.69) is 58.4 Å². The van der Waals surface area contributed by atoms with Crippen molar-refractivity contribution < 1.29 is 0 Å². The van der Waals surface area contributed by atoms with Gasteiger partial charge in [-0.15, -0.1) is 0 Å². The lowest BCUT2D eigenvalue weighted by Crippen LogP contribution is -1.93. The van der Waals surface area contributed by atoms with Crippen LogP contribution in [0.3, 0.4) is 0 Å². The zero-order valence-electron chi connectivity index (χ0n) is 9.81. The largest absolute Gasteiger partial charge is 0.252 e. The molecule has 0 atom stereocenters. The topological polar surface area (TPSA) is 12.9 Å². The fourth-order valence-electron chi connectivity index (χ4n) is 2.04. The van der Waals surface area contributed by atoms with Crippen molar-refractivity contribution in [2.24, 2.45) is 0 Å². The van der Waals surface area contributed by atoms with Crippen LogP contribution in [0.2, 0.25) is 0 Å². The molecule has 0 aliphatic heterocycles. The van der Waals surface area contributed by atoms with E-state index in [0.717, 1.165) is 22.1 Å². The summed E-state index contributed by atoms with van der Waals surface area (Å²) in [6.45, 7) is 0. The Hall–Kier alpha value is -1.67. The summed E-state index contributed by atoms with van der Waals surface area (Å²) in [6.07, 6.45) is 0.853. The summed E-state index contributed by atoms with van der Waals surface area (Å²) in [4.78, 5) is 4.69. The molecule has 18 heavy (non-hydrogen) atoms. The van der Waals surface area contributed by atoms with E-state index in [9.17, 15) is 0 Å². The summed E-state index contributed by atoms with van der Waals surface area (Å²) >= 11 is 3.58. The third-order valence-corrected chi connectivity index (χ3v) is 3.76. The zero-order chi connectivity index (χ0) is 12.4. The number of aromatic nitrogens is 1. The maximum atomic E-state index is 4.69. The highest BCUT2D eigenvalue weighted by Crippen LogP contribution is 2.20. The Kier molecular flexibility index (Phi) is 3.11. The molecule has 1 heterocycles. The number of para-hydroxylation sites is 1. The summed E-state index contributed by atoms with van der Waals surface area (Å²) in [5.41, 5.74) is 3.42. The van der Waals surface area contributed by atoms with Crippen LogP contribution in [0.5, 0.6) is 0 Å². The number of nitrogens with zero attached hydrogens (tertiary/aromatic N) is 1. The van der Waals surface area contributed by atoms with E-state index in [4.69, 9.17) is 4.98 Å². The van der Waals surface area contributed by atoms with Gasteiger partial charge >= 0.3 is 0 Å². The number of hydrogen-bond acceptors (Lipinski definition) is 1. The van der Waals surface area contributed by atoms with Gasteiger partial charge in [-0.25, -0.2) is 0 Å². The Bertz CT molecular complexity index is 691. The van der Waals surface area contributed by atoms with E-state index in [1.54, 1.807) is 0 Å². The number of halogens is 1. The predicted molar refractivity (Wildman–Crippen MR) is 78.7 cm³/mol. The molecule has 3 aromatic rings. The van der Waals surface area contributed by atoms with E-state index in [1.165, 1.54) is 10.9 Å². The van der Waals surface area contributed by atoms with Crippen molar-refractivity contribution in [3.63, 3.8) is 0 Å². The zero-order valence-corrected chi connectivity index (χ0v) is 11.4. The standard InChI is InChI=1S/C16H12BrN/c17-15-7-3-1-6-13(15)11-14-10-9-12-5-2-4-8-16(12)18-14/h1-10H,11H2. The van der Waals surface area contributed by atoms with Crippen molar-refractivity contribution in [1.82, 2.24) is 4.98 Å². The van der Waals surface area contributed by atoms with Gasteiger partial charge in [-0.2, -0.15) is 0 Å². The van der Waals surface area contributed by atoms with Gasteiger partial charge in [0.15, 0.2) is 0 Å². The van der Waals surface area contributed by atoms with Crippen molar-refractivity contribution in [3.8, 4) is 0 Å². The van der Waals surface area contributed by atoms with Crippen molar-refractivity contribution in [2.45, 2.75) is 6.42 Å². The molecule has 0 aliphatic rings. The van der Waals surface area contributed by atoms with E-state index in [-0.39, 0.29) is 0 Å². The van der Waals surface area contributed by atoms with Gasteiger partial charge in [0, 0.05) is 22.0 Å². The van der Waals surface area contributed by atoms with Gasteiger partial charge in [-0.3, -0.25) is 4.98 Å². The molecule has 0 saturated heterocycles. The van der Waals surface area contributed by atoms with Crippen LogP contribution < -0.4 is 0 Å². The van der Waals surface area contributed by atoms with Crippen LogP contribution in [0.25, 0.3) is 10.9 Å². The molecule has 2 heteroatoms. The second kappa shape index (κ2) is 4.91. The van der Waals surface area contributed by atoms with E-state index in [0.29, 0.717) is 0 Å². The lowest BCUT2D eigenvalue weighted by atomic mass is 10.1. The molecule has 1 aromatic heterocycles. The van der Waals surface area contributed by atoms with Crippen molar-refractivity contribution in [2.75, 3.05) is 0 Å². The molecule has 0 amide bonds. The number of benzene rings is 2. The lowest BCUT2D eigenvalue weighted by Gasteiger charge is -2.05. The average molecular weight is 298 g/mol. The van der Waals surface area contributed by atoms with Crippen LogP contribution in [-0.2, 0) is 6.42 Å². The molecule has 0 radical (unpaired) electrons. The molecule has 0 aliphatic carbocycles. The summed E-state index contributed by atoms with van der Waals surface area (Å²) in [7, 11) is 0. The van der Waals surface area contributed by atoms with E-state index < -0.39 is 0 Å². The minimum absolute atomic E-state index is 0.853. The van der Waals surface area contributed by atoms with Crippen LogP contribution in [-0.4, -0.2) is 4.98 Å². The number of pyridine rings is 1. The van der Waals surface area contributed by atoms with Gasteiger partial charge in [0.25, 0.3) is 0 Å². The van der Waals surface area contributed by atoms with Crippen molar-refractivity contribution >= 4 is 26.8 Å². The summed E-state index contributed by atoms with van der Waals surface area (Å²) < 4.78 is 1.14. The lowest BCUT2D eigenvalue weighted by molar-refractivity contribution is 1.09. The van der Waals surface area contributed by atoms with E-state index in [1.807, 2.05) is 18.2 Å². The SMILES string of the molecule is Brc1ccccc1Cc1ccc2ccccc2n1. The molecule has 3 rings (SSSR count). The number of rotatable bonds is 2. The Morgan fingerprint density at radius 1 is 0.833 bits per heavy atom. The fourth-order valence-corrected chi connectivity index (χ4v) is 2.47. The van der Waals surface area contributed by atoms with Crippen molar-refractivity contribution in [3.05, 3.63) is 76.4 Å². The monoisotopic (exact) mass is 297 g/mol. The van der Waals surface area contributed by atoms with E-state index >= 15 is 0 Å². The first-order chi connectivity index (χ1) is 8.83. The van der Waals surface area contributed by atoms with Crippen LogP contribution in [0.15, 0.2) is 65.1 Å². The van der Waals surface area contributed by atoms with Gasteiger partial charge in [0.05, 0.1) is 5.52 Å². The van der Waals surface area contributed by atoms with Gasteiger partial charge in [-0.1, -0.05) is 58.4 Å². The predicted octanol–water partition coefficient (Wildman–Crippen LogP) is 4.59. The highest BCUT2D eigenvalue weighted by molar-refractivity contribution is 9.10. The Morgan fingerprint density at radius 3 is 2.50 bits per heavy atom. The summed E-state index contributed by atoms with van der Waals surface area (Å²) in [5, 5.41) is 1.19. The average Bonchev–Trinajstić information content (AvgIpc) is 2.41. The number of fused-ring (bicyclic) bond motifs is 1. The molecular formula is C16H12BrN.